The third-order valence-corrected chi connectivity index (χ3v) is 2.44. The van der Waals surface area contributed by atoms with Crippen molar-refractivity contribution in [3.63, 3.8) is 0 Å². The molecule has 0 fully saturated rings. The summed E-state index contributed by atoms with van der Waals surface area (Å²) in [4.78, 5) is 7.50. The van der Waals surface area contributed by atoms with Crippen molar-refractivity contribution in [1.29, 1.82) is 0 Å². The number of anilines is 1. The average molecular weight is 240 g/mol. The zero-order valence-electron chi connectivity index (χ0n) is 9.09. The van der Waals surface area contributed by atoms with Gasteiger partial charge < -0.3 is 15.5 Å². The first kappa shape index (κ1) is 11.2. The van der Waals surface area contributed by atoms with Crippen LogP contribution < -0.4 is 5.73 Å². The van der Waals surface area contributed by atoms with Crippen LogP contribution in [0.5, 0.6) is 0 Å². The van der Waals surface area contributed by atoms with Crippen molar-refractivity contribution in [2.24, 2.45) is 0 Å². The van der Waals surface area contributed by atoms with Crippen LogP contribution in [-0.2, 0) is 11.3 Å². The van der Waals surface area contributed by atoms with Crippen LogP contribution >= 0.6 is 11.6 Å². The molecule has 0 atom stereocenters. The van der Waals surface area contributed by atoms with Crippen molar-refractivity contribution in [3.8, 4) is 0 Å². The van der Waals surface area contributed by atoms with Gasteiger partial charge in [0.15, 0.2) is 0 Å². The maximum atomic E-state index is 5.90. The fourth-order valence-corrected chi connectivity index (χ4v) is 1.77. The quantitative estimate of drug-likeness (QED) is 0.637. The van der Waals surface area contributed by atoms with E-state index in [1.165, 1.54) is 0 Å². The van der Waals surface area contributed by atoms with Gasteiger partial charge in [0.1, 0.15) is 17.9 Å². The highest BCUT2D eigenvalue weighted by molar-refractivity contribution is 6.31. The molecule has 0 amide bonds. The number of hydrogen-bond donors (Lipinski definition) is 2. The number of fused-ring (bicyclic) bond motifs is 1. The van der Waals surface area contributed by atoms with Crippen molar-refractivity contribution < 1.29 is 4.74 Å². The molecule has 0 aliphatic heterocycles. The number of nitrogen functional groups attached to an aromatic ring is 1. The van der Waals surface area contributed by atoms with Gasteiger partial charge in [0, 0.05) is 11.6 Å². The van der Waals surface area contributed by atoms with E-state index in [0.29, 0.717) is 17.3 Å². The first-order valence-electron chi connectivity index (χ1n) is 5.22. The molecule has 0 saturated heterocycles. The zero-order valence-corrected chi connectivity index (χ0v) is 9.84. The number of nitrogens with zero attached hydrogens (tertiary/aromatic N) is 1. The van der Waals surface area contributed by atoms with Gasteiger partial charge in [-0.3, -0.25) is 0 Å². The number of H-pyrrole nitrogens is 1. The van der Waals surface area contributed by atoms with Crippen LogP contribution in [0, 0.1) is 0 Å². The van der Waals surface area contributed by atoms with Gasteiger partial charge in [0.25, 0.3) is 0 Å². The van der Waals surface area contributed by atoms with Crippen molar-refractivity contribution >= 4 is 28.3 Å². The Labute approximate surface area is 98.8 Å². The second-order valence-corrected chi connectivity index (χ2v) is 4.06. The molecule has 5 heteroatoms. The lowest BCUT2D eigenvalue weighted by Gasteiger charge is -1.97. The summed E-state index contributed by atoms with van der Waals surface area (Å²) >= 11 is 5.90. The molecule has 0 spiro atoms. The lowest BCUT2D eigenvalue weighted by molar-refractivity contribution is 0.117. The molecule has 2 rings (SSSR count). The Morgan fingerprint density at radius 3 is 3.06 bits per heavy atom. The predicted molar refractivity (Wildman–Crippen MR) is 65.5 cm³/mol. The lowest BCUT2D eigenvalue weighted by atomic mass is 10.3. The number of hydrogen-bond acceptors (Lipinski definition) is 3. The minimum Gasteiger partial charge on any atom is -0.397 e. The second kappa shape index (κ2) is 4.72. The standard InChI is InChI=1S/C11H14ClN3O/c1-2-3-16-6-10-14-9-5-7(12)4-8(13)11(9)15-10/h4-5H,2-3,6,13H2,1H3,(H,14,15). The van der Waals surface area contributed by atoms with E-state index < -0.39 is 0 Å². The van der Waals surface area contributed by atoms with E-state index in [2.05, 4.69) is 16.9 Å². The number of nitrogens with two attached hydrogens (primary N) is 1. The van der Waals surface area contributed by atoms with Gasteiger partial charge in [-0.25, -0.2) is 4.98 Å². The summed E-state index contributed by atoms with van der Waals surface area (Å²) in [5, 5.41) is 0.606. The van der Waals surface area contributed by atoms with Crippen LogP contribution in [0.4, 0.5) is 5.69 Å². The Hall–Kier alpha value is -1.26. The molecule has 0 bridgehead atoms. The van der Waals surface area contributed by atoms with Crippen LogP contribution in [0.15, 0.2) is 12.1 Å². The van der Waals surface area contributed by atoms with E-state index in [4.69, 9.17) is 22.1 Å². The Balaban J connectivity index is 2.26. The highest BCUT2D eigenvalue weighted by Crippen LogP contribution is 2.24. The first-order valence-corrected chi connectivity index (χ1v) is 5.60. The number of imidazole rings is 1. The zero-order chi connectivity index (χ0) is 11.5. The fraction of sp³-hybridized carbons (Fsp3) is 0.364. The third kappa shape index (κ3) is 2.28. The topological polar surface area (TPSA) is 63.9 Å². The van der Waals surface area contributed by atoms with Crippen molar-refractivity contribution in [2.75, 3.05) is 12.3 Å². The van der Waals surface area contributed by atoms with Crippen LogP contribution in [0.25, 0.3) is 11.0 Å². The number of ether oxygens (including phenoxy) is 1. The van der Waals surface area contributed by atoms with Crippen molar-refractivity contribution in [1.82, 2.24) is 9.97 Å². The molecular weight excluding hydrogens is 226 g/mol. The summed E-state index contributed by atoms with van der Waals surface area (Å²) in [6, 6.07) is 3.50. The molecule has 3 N–H and O–H groups in total. The number of rotatable bonds is 4. The Bertz CT molecular complexity index is 495. The Morgan fingerprint density at radius 2 is 2.31 bits per heavy atom. The summed E-state index contributed by atoms with van der Waals surface area (Å²) < 4.78 is 5.40. The van der Waals surface area contributed by atoms with Gasteiger partial charge in [0.05, 0.1) is 11.2 Å². The maximum absolute atomic E-state index is 5.90. The SMILES string of the molecule is CCCOCc1nc2c(N)cc(Cl)cc2[nH]1. The largest absolute Gasteiger partial charge is 0.397 e. The molecular formula is C11H14ClN3O. The molecule has 0 saturated carbocycles. The van der Waals surface area contributed by atoms with E-state index in [1.54, 1.807) is 6.07 Å². The Morgan fingerprint density at radius 1 is 1.50 bits per heavy atom. The van der Waals surface area contributed by atoms with Crippen LogP contribution in [0.1, 0.15) is 19.2 Å². The van der Waals surface area contributed by atoms with Crippen molar-refractivity contribution in [2.45, 2.75) is 20.0 Å². The molecule has 0 radical (unpaired) electrons. The third-order valence-electron chi connectivity index (χ3n) is 2.22. The van der Waals surface area contributed by atoms with E-state index in [1.807, 2.05) is 6.07 Å². The molecule has 0 aliphatic carbocycles. The summed E-state index contributed by atoms with van der Waals surface area (Å²) in [6.45, 7) is 3.27. The minimum atomic E-state index is 0.472. The predicted octanol–water partition coefficient (Wildman–Crippen LogP) is 2.73. The highest BCUT2D eigenvalue weighted by atomic mass is 35.5. The fourth-order valence-electron chi connectivity index (χ4n) is 1.54. The highest BCUT2D eigenvalue weighted by Gasteiger charge is 2.06. The van der Waals surface area contributed by atoms with Crippen LogP contribution in [-0.4, -0.2) is 16.6 Å². The number of nitrogens with one attached hydrogen (secondary N) is 1. The monoisotopic (exact) mass is 239 g/mol. The molecule has 1 heterocycles. The maximum Gasteiger partial charge on any atom is 0.133 e. The minimum absolute atomic E-state index is 0.472. The normalized spacial score (nSPS) is 11.1. The number of benzene rings is 1. The van der Waals surface area contributed by atoms with E-state index in [-0.39, 0.29) is 0 Å². The van der Waals surface area contributed by atoms with Gasteiger partial charge >= 0.3 is 0 Å². The Kier molecular flexibility index (Phi) is 3.31. The van der Waals surface area contributed by atoms with Gasteiger partial charge in [-0.15, -0.1) is 0 Å². The lowest BCUT2D eigenvalue weighted by Crippen LogP contribution is -1.95. The van der Waals surface area contributed by atoms with Gasteiger partial charge in [-0.2, -0.15) is 0 Å². The van der Waals surface area contributed by atoms with Gasteiger partial charge in [-0.1, -0.05) is 18.5 Å². The van der Waals surface area contributed by atoms with E-state index in [9.17, 15) is 0 Å². The molecule has 0 unspecified atom stereocenters. The van der Waals surface area contributed by atoms with Crippen molar-refractivity contribution in [3.05, 3.63) is 23.0 Å². The second-order valence-electron chi connectivity index (χ2n) is 3.63. The van der Waals surface area contributed by atoms with E-state index >= 15 is 0 Å². The summed E-state index contributed by atoms with van der Waals surface area (Å²) in [7, 11) is 0. The van der Waals surface area contributed by atoms with Crippen LogP contribution in [0.3, 0.4) is 0 Å². The number of aromatic amines is 1. The number of halogens is 1. The molecule has 4 nitrogen and oxygen atoms in total. The molecule has 1 aromatic carbocycles. The van der Waals surface area contributed by atoms with Gasteiger partial charge in [-0.05, 0) is 18.6 Å². The molecule has 86 valence electrons. The molecule has 16 heavy (non-hydrogen) atoms. The molecule has 2 aromatic rings. The van der Waals surface area contributed by atoms with Crippen LogP contribution in [0.2, 0.25) is 5.02 Å². The molecule has 0 aliphatic rings. The molecule has 1 aromatic heterocycles. The smallest absolute Gasteiger partial charge is 0.133 e. The summed E-state index contributed by atoms with van der Waals surface area (Å²) in [5.74, 6) is 0.775. The summed E-state index contributed by atoms with van der Waals surface area (Å²) in [6.07, 6.45) is 0.994. The van der Waals surface area contributed by atoms with Gasteiger partial charge in [0.2, 0.25) is 0 Å². The first-order chi connectivity index (χ1) is 7.70. The summed E-state index contributed by atoms with van der Waals surface area (Å²) in [5.41, 5.74) is 8.00. The number of aromatic nitrogens is 2. The van der Waals surface area contributed by atoms with E-state index in [0.717, 1.165) is 29.9 Å². The average Bonchev–Trinajstić information content (AvgIpc) is 2.61.